The lowest BCUT2D eigenvalue weighted by molar-refractivity contribution is -0.120. The average Bonchev–Trinajstić information content (AvgIpc) is 3.17. The fourth-order valence-electron chi connectivity index (χ4n) is 2.64. The number of nitrogens with zero attached hydrogens (tertiary/aromatic N) is 1. The van der Waals surface area contributed by atoms with Gasteiger partial charge in [0.15, 0.2) is 0 Å². The Morgan fingerprint density at radius 2 is 2.00 bits per heavy atom. The molecule has 1 aromatic carbocycles. The van der Waals surface area contributed by atoms with Crippen molar-refractivity contribution in [1.82, 2.24) is 15.1 Å². The second-order valence-electron chi connectivity index (χ2n) is 6.77. The summed E-state index contributed by atoms with van der Waals surface area (Å²) in [7, 11) is -3.49. The molecule has 1 amide bonds. The van der Waals surface area contributed by atoms with Crippen molar-refractivity contribution in [2.24, 2.45) is 0 Å². The molecular formula is C19H20N4O4S2. The van der Waals surface area contributed by atoms with Crippen molar-refractivity contribution >= 4 is 33.0 Å². The van der Waals surface area contributed by atoms with E-state index in [4.69, 9.17) is 4.42 Å². The number of carbonyl (C=O) groups excluding carboxylic acids is 1. The molecule has 0 radical (unpaired) electrons. The van der Waals surface area contributed by atoms with Crippen LogP contribution in [0.2, 0.25) is 0 Å². The number of sulfonamides is 1. The highest BCUT2D eigenvalue weighted by Crippen LogP contribution is 2.26. The van der Waals surface area contributed by atoms with Gasteiger partial charge in [-0.15, -0.1) is 11.3 Å². The number of hydrogen-bond acceptors (Lipinski definition) is 7. The van der Waals surface area contributed by atoms with Crippen LogP contribution in [0.3, 0.4) is 0 Å². The molecule has 2 aromatic heterocycles. The SMILES string of the molecule is Cc1oc(-c2cccs2)nc1CC(=O)NNc1ccc(S(=O)(=O)NC2CC2)cc1. The lowest BCUT2D eigenvalue weighted by Gasteiger charge is -2.09. The third-order valence-corrected chi connectivity index (χ3v) is 6.76. The summed E-state index contributed by atoms with van der Waals surface area (Å²) in [5, 5.41) is 1.93. The number of rotatable bonds is 8. The summed E-state index contributed by atoms with van der Waals surface area (Å²) in [6.07, 6.45) is 1.82. The van der Waals surface area contributed by atoms with Crippen molar-refractivity contribution in [1.29, 1.82) is 0 Å². The van der Waals surface area contributed by atoms with Crippen LogP contribution in [0.5, 0.6) is 0 Å². The highest BCUT2D eigenvalue weighted by atomic mass is 32.2. The van der Waals surface area contributed by atoms with E-state index in [2.05, 4.69) is 20.6 Å². The number of amides is 1. The smallest absolute Gasteiger partial charge is 0.244 e. The number of nitrogens with one attached hydrogen (secondary N) is 3. The van der Waals surface area contributed by atoms with Gasteiger partial charge in [-0.25, -0.2) is 18.1 Å². The van der Waals surface area contributed by atoms with E-state index >= 15 is 0 Å². The zero-order valence-electron chi connectivity index (χ0n) is 15.6. The van der Waals surface area contributed by atoms with Crippen LogP contribution < -0.4 is 15.6 Å². The van der Waals surface area contributed by atoms with E-state index in [0.29, 0.717) is 23.0 Å². The Morgan fingerprint density at radius 1 is 1.24 bits per heavy atom. The first-order valence-corrected chi connectivity index (χ1v) is 11.4. The first kappa shape index (κ1) is 19.6. The quantitative estimate of drug-likeness (QED) is 0.472. The van der Waals surface area contributed by atoms with Gasteiger partial charge in [0.25, 0.3) is 0 Å². The van der Waals surface area contributed by atoms with E-state index in [1.54, 1.807) is 19.1 Å². The van der Waals surface area contributed by atoms with Crippen LogP contribution in [0.1, 0.15) is 24.3 Å². The molecule has 0 aliphatic heterocycles. The van der Waals surface area contributed by atoms with E-state index < -0.39 is 10.0 Å². The third-order valence-electron chi connectivity index (χ3n) is 4.36. The van der Waals surface area contributed by atoms with Gasteiger partial charge in [-0.2, -0.15) is 0 Å². The highest BCUT2D eigenvalue weighted by Gasteiger charge is 2.27. The van der Waals surface area contributed by atoms with Crippen molar-refractivity contribution in [3.05, 3.63) is 53.2 Å². The summed E-state index contributed by atoms with van der Waals surface area (Å²) in [6.45, 7) is 1.77. The van der Waals surface area contributed by atoms with Gasteiger partial charge in [-0.05, 0) is 55.5 Å². The Balaban J connectivity index is 1.33. The third kappa shape index (κ3) is 4.84. The predicted molar refractivity (Wildman–Crippen MR) is 110 cm³/mol. The number of oxazole rings is 1. The molecule has 4 rings (SSSR count). The minimum atomic E-state index is -3.49. The molecule has 29 heavy (non-hydrogen) atoms. The number of thiophene rings is 1. The van der Waals surface area contributed by atoms with E-state index in [9.17, 15) is 13.2 Å². The number of benzene rings is 1. The van der Waals surface area contributed by atoms with Gasteiger partial charge in [0.2, 0.25) is 21.8 Å². The minimum Gasteiger partial charge on any atom is -0.440 e. The van der Waals surface area contributed by atoms with Crippen LogP contribution in [0, 0.1) is 6.92 Å². The lowest BCUT2D eigenvalue weighted by Crippen LogP contribution is -2.31. The maximum atomic E-state index is 12.2. The first-order valence-electron chi connectivity index (χ1n) is 9.08. The topological polar surface area (TPSA) is 113 Å². The molecule has 0 bridgehead atoms. The van der Waals surface area contributed by atoms with Gasteiger partial charge in [0.1, 0.15) is 5.76 Å². The van der Waals surface area contributed by atoms with Gasteiger partial charge in [0, 0.05) is 6.04 Å². The minimum absolute atomic E-state index is 0.0532. The van der Waals surface area contributed by atoms with Gasteiger partial charge < -0.3 is 4.42 Å². The molecular weight excluding hydrogens is 412 g/mol. The number of hydrazine groups is 1. The summed E-state index contributed by atoms with van der Waals surface area (Å²) in [5.41, 5.74) is 6.50. The summed E-state index contributed by atoms with van der Waals surface area (Å²) < 4.78 is 32.6. The fourth-order valence-corrected chi connectivity index (χ4v) is 4.60. The van der Waals surface area contributed by atoms with E-state index in [0.717, 1.165) is 17.7 Å². The number of hydrogen-bond donors (Lipinski definition) is 3. The van der Waals surface area contributed by atoms with Crippen LogP contribution in [0.15, 0.2) is 51.1 Å². The molecule has 0 unspecified atom stereocenters. The Kier molecular flexibility index (Phi) is 5.39. The fraction of sp³-hybridized carbons (Fsp3) is 0.263. The summed E-state index contributed by atoms with van der Waals surface area (Å²) in [4.78, 5) is 17.7. The molecule has 152 valence electrons. The van der Waals surface area contributed by atoms with Crippen LogP contribution in [-0.4, -0.2) is 25.4 Å². The number of aryl methyl sites for hydroxylation is 1. The number of carbonyl (C=O) groups is 1. The summed E-state index contributed by atoms with van der Waals surface area (Å²) >= 11 is 1.52. The van der Waals surface area contributed by atoms with E-state index in [1.165, 1.54) is 23.5 Å². The van der Waals surface area contributed by atoms with Gasteiger partial charge >= 0.3 is 0 Å². The van der Waals surface area contributed by atoms with Crippen molar-refractivity contribution in [3.63, 3.8) is 0 Å². The van der Waals surface area contributed by atoms with Crippen molar-refractivity contribution < 1.29 is 17.6 Å². The predicted octanol–water partition coefficient (Wildman–Crippen LogP) is 2.84. The molecule has 8 nitrogen and oxygen atoms in total. The molecule has 1 aliphatic carbocycles. The second kappa shape index (κ2) is 7.97. The van der Waals surface area contributed by atoms with E-state index in [-0.39, 0.29) is 23.3 Å². The number of aromatic nitrogens is 1. The molecule has 0 spiro atoms. The summed E-state index contributed by atoms with van der Waals surface area (Å²) in [5.74, 6) is 0.817. The van der Waals surface area contributed by atoms with Crippen LogP contribution in [-0.2, 0) is 21.2 Å². The zero-order valence-corrected chi connectivity index (χ0v) is 17.3. The molecule has 1 aliphatic rings. The standard InChI is InChI=1S/C19H20N4O4S2/c1-12-16(20-19(27-12)17-3-2-10-28-17)11-18(24)22-21-13-6-8-15(9-7-13)29(25,26)23-14-4-5-14/h2-3,6-10,14,21,23H,4-5,11H2,1H3,(H,22,24). The van der Waals surface area contributed by atoms with Crippen molar-refractivity contribution in [2.75, 3.05) is 5.43 Å². The van der Waals surface area contributed by atoms with Crippen LogP contribution in [0.4, 0.5) is 5.69 Å². The Bertz CT molecular complexity index is 1100. The first-order chi connectivity index (χ1) is 13.9. The highest BCUT2D eigenvalue weighted by molar-refractivity contribution is 7.89. The van der Waals surface area contributed by atoms with Crippen LogP contribution in [0.25, 0.3) is 10.8 Å². The molecule has 3 aromatic rings. The second-order valence-corrected chi connectivity index (χ2v) is 9.43. The molecule has 10 heteroatoms. The molecule has 1 fully saturated rings. The summed E-state index contributed by atoms with van der Waals surface area (Å²) in [6, 6.07) is 10.1. The molecule has 0 saturated heterocycles. The van der Waals surface area contributed by atoms with Crippen molar-refractivity contribution in [2.45, 2.75) is 37.1 Å². The van der Waals surface area contributed by atoms with Gasteiger partial charge in [-0.3, -0.25) is 15.6 Å². The van der Waals surface area contributed by atoms with Gasteiger partial charge in [0.05, 0.1) is 27.6 Å². The lowest BCUT2D eigenvalue weighted by atomic mass is 10.2. The molecule has 0 atom stereocenters. The average molecular weight is 433 g/mol. The van der Waals surface area contributed by atoms with E-state index in [1.807, 2.05) is 17.5 Å². The van der Waals surface area contributed by atoms with Crippen molar-refractivity contribution in [3.8, 4) is 10.8 Å². The molecule has 3 N–H and O–H groups in total. The van der Waals surface area contributed by atoms with Gasteiger partial charge in [-0.1, -0.05) is 6.07 Å². The maximum absolute atomic E-state index is 12.2. The Labute approximate surface area is 172 Å². The zero-order chi connectivity index (χ0) is 20.4. The largest absolute Gasteiger partial charge is 0.440 e. The Hall–Kier alpha value is -2.69. The maximum Gasteiger partial charge on any atom is 0.244 e. The normalized spacial score (nSPS) is 14.0. The number of anilines is 1. The monoisotopic (exact) mass is 432 g/mol. The Morgan fingerprint density at radius 3 is 2.66 bits per heavy atom. The molecule has 1 saturated carbocycles. The molecule has 2 heterocycles. The van der Waals surface area contributed by atoms with Crippen LogP contribution >= 0.6 is 11.3 Å².